The van der Waals surface area contributed by atoms with Gasteiger partial charge in [0.25, 0.3) is 5.91 Å². The Balaban J connectivity index is 1.83. The summed E-state index contributed by atoms with van der Waals surface area (Å²) in [7, 11) is 0. The van der Waals surface area contributed by atoms with Crippen molar-refractivity contribution in [3.05, 3.63) is 47.0 Å². The number of hydrogen-bond acceptors (Lipinski definition) is 5. The first kappa shape index (κ1) is 17.5. The number of carboxylic acid groups (broad SMARTS) is 1. The molecule has 1 unspecified atom stereocenters. The number of aromatic nitrogens is 3. The maximum atomic E-state index is 12.9. The largest absolute Gasteiger partial charge is 0.480 e. The van der Waals surface area contributed by atoms with Crippen LogP contribution >= 0.6 is 11.8 Å². The van der Waals surface area contributed by atoms with Gasteiger partial charge in [-0.25, -0.2) is 4.79 Å². The number of nitrogens with zero attached hydrogens (tertiary/aromatic N) is 4. The molecule has 132 valence electrons. The molecule has 0 bridgehead atoms. The number of aryl methyl sites for hydroxylation is 1. The van der Waals surface area contributed by atoms with E-state index in [2.05, 4.69) is 17.1 Å². The van der Waals surface area contributed by atoms with Gasteiger partial charge in [0, 0.05) is 11.3 Å². The smallest absolute Gasteiger partial charge is 0.328 e. The third-order valence-electron chi connectivity index (χ3n) is 4.28. The monoisotopic (exact) mass is 360 g/mol. The Morgan fingerprint density at radius 1 is 1.28 bits per heavy atom. The van der Waals surface area contributed by atoms with Crippen molar-refractivity contribution in [3.63, 3.8) is 0 Å². The number of benzene rings is 1. The van der Waals surface area contributed by atoms with Crippen molar-refractivity contribution in [2.75, 3.05) is 5.75 Å². The van der Waals surface area contributed by atoms with Gasteiger partial charge >= 0.3 is 5.97 Å². The topological polar surface area (TPSA) is 88.3 Å². The normalized spacial score (nSPS) is 16.6. The van der Waals surface area contributed by atoms with Crippen molar-refractivity contribution >= 4 is 23.6 Å². The second kappa shape index (κ2) is 7.26. The summed E-state index contributed by atoms with van der Waals surface area (Å²) in [5, 5.41) is 17.6. The van der Waals surface area contributed by atoms with Crippen LogP contribution in [0, 0.1) is 6.92 Å². The Bertz CT molecular complexity index is 788. The van der Waals surface area contributed by atoms with E-state index in [-0.39, 0.29) is 19.0 Å². The van der Waals surface area contributed by atoms with Crippen LogP contribution in [0.1, 0.15) is 34.5 Å². The number of hydrogen-bond donors (Lipinski definition) is 1. The van der Waals surface area contributed by atoms with Gasteiger partial charge in [-0.15, -0.1) is 10.2 Å². The number of carbonyl (C=O) groups excluding carboxylic acids is 1. The van der Waals surface area contributed by atoms with E-state index in [9.17, 15) is 14.7 Å². The van der Waals surface area contributed by atoms with Crippen molar-refractivity contribution in [2.24, 2.45) is 0 Å². The summed E-state index contributed by atoms with van der Waals surface area (Å²) in [6.07, 6.45) is 0. The number of rotatable bonds is 5. The molecule has 0 aliphatic carbocycles. The van der Waals surface area contributed by atoms with E-state index >= 15 is 0 Å². The van der Waals surface area contributed by atoms with E-state index in [4.69, 9.17) is 0 Å². The molecule has 0 fully saturated rings. The maximum Gasteiger partial charge on any atom is 0.328 e. The van der Waals surface area contributed by atoms with Gasteiger partial charge in [0.15, 0.2) is 5.82 Å². The quantitative estimate of drug-likeness (QED) is 0.877. The molecule has 0 saturated heterocycles. The third-order valence-corrected chi connectivity index (χ3v) is 5.22. The molecule has 1 atom stereocenters. The van der Waals surface area contributed by atoms with Gasteiger partial charge in [0.05, 0.1) is 13.1 Å². The Morgan fingerprint density at radius 3 is 2.64 bits per heavy atom. The second-order valence-electron chi connectivity index (χ2n) is 5.90. The van der Waals surface area contributed by atoms with Gasteiger partial charge in [-0.05, 0) is 30.4 Å². The van der Waals surface area contributed by atoms with E-state index < -0.39 is 12.0 Å². The van der Waals surface area contributed by atoms with Gasteiger partial charge in [-0.2, -0.15) is 11.8 Å². The summed E-state index contributed by atoms with van der Waals surface area (Å²) in [4.78, 5) is 25.9. The van der Waals surface area contributed by atoms with Gasteiger partial charge in [-0.1, -0.05) is 19.1 Å². The van der Waals surface area contributed by atoms with Crippen LogP contribution in [0.15, 0.2) is 24.3 Å². The standard InChI is InChI=1S/C17H20N4O3S/c1-3-25-10-12-4-6-13(7-5-12)16(22)21-9-15-19-18-11(2)20(15)8-14(21)17(23)24/h4-7,14H,3,8-10H2,1-2H3,(H,23,24). The summed E-state index contributed by atoms with van der Waals surface area (Å²) in [6, 6.07) is 6.43. The third kappa shape index (κ3) is 3.53. The van der Waals surface area contributed by atoms with Gasteiger partial charge in [0.2, 0.25) is 0 Å². The first-order valence-electron chi connectivity index (χ1n) is 8.10. The molecule has 7 nitrogen and oxygen atoms in total. The SMILES string of the molecule is CCSCc1ccc(C(=O)N2Cc3nnc(C)n3CC2C(=O)O)cc1. The van der Waals surface area contributed by atoms with Crippen LogP contribution in [0.3, 0.4) is 0 Å². The van der Waals surface area contributed by atoms with Gasteiger partial charge in [-0.3, -0.25) is 4.79 Å². The highest BCUT2D eigenvalue weighted by molar-refractivity contribution is 7.98. The molecule has 8 heteroatoms. The van der Waals surface area contributed by atoms with Crippen molar-refractivity contribution in [1.29, 1.82) is 0 Å². The predicted octanol–water partition coefficient (Wildman–Crippen LogP) is 1.95. The van der Waals surface area contributed by atoms with Gasteiger partial charge in [0.1, 0.15) is 11.9 Å². The summed E-state index contributed by atoms with van der Waals surface area (Å²) in [6.45, 7) is 4.19. The highest BCUT2D eigenvalue weighted by Gasteiger charge is 2.36. The molecule has 1 aliphatic rings. The highest BCUT2D eigenvalue weighted by Crippen LogP contribution is 2.21. The molecule has 1 N–H and O–H groups in total. The number of carboxylic acids is 1. The van der Waals surface area contributed by atoms with Crippen LogP contribution in [0.25, 0.3) is 0 Å². The minimum atomic E-state index is -1.02. The number of amides is 1. The average molecular weight is 360 g/mol. The van der Waals surface area contributed by atoms with E-state index in [1.807, 2.05) is 23.9 Å². The summed E-state index contributed by atoms with van der Waals surface area (Å²) < 4.78 is 1.76. The van der Waals surface area contributed by atoms with Crippen molar-refractivity contribution < 1.29 is 14.7 Å². The molecule has 1 amide bonds. The second-order valence-corrected chi connectivity index (χ2v) is 7.17. The van der Waals surface area contributed by atoms with E-state index in [0.29, 0.717) is 17.2 Å². The highest BCUT2D eigenvalue weighted by atomic mass is 32.2. The Morgan fingerprint density at radius 2 is 2.00 bits per heavy atom. The van der Waals surface area contributed by atoms with Crippen molar-refractivity contribution in [2.45, 2.75) is 38.7 Å². The maximum absolute atomic E-state index is 12.9. The first-order chi connectivity index (χ1) is 12.0. The molecule has 0 radical (unpaired) electrons. The molecule has 0 spiro atoms. The predicted molar refractivity (Wildman–Crippen MR) is 94.3 cm³/mol. The van der Waals surface area contributed by atoms with Crippen LogP contribution in [-0.2, 0) is 23.6 Å². The number of carbonyl (C=O) groups is 2. The van der Waals surface area contributed by atoms with E-state index in [1.165, 1.54) is 4.90 Å². The fourth-order valence-electron chi connectivity index (χ4n) is 2.87. The number of fused-ring (bicyclic) bond motifs is 1. The molecular weight excluding hydrogens is 340 g/mol. The summed E-state index contributed by atoms with van der Waals surface area (Å²) in [5.41, 5.74) is 1.63. The van der Waals surface area contributed by atoms with Crippen LogP contribution in [0.5, 0.6) is 0 Å². The lowest BCUT2D eigenvalue weighted by Crippen LogP contribution is -2.50. The molecule has 1 aromatic heterocycles. The lowest BCUT2D eigenvalue weighted by atomic mass is 10.1. The number of thioether (sulfide) groups is 1. The average Bonchev–Trinajstić information content (AvgIpc) is 2.99. The minimum absolute atomic E-state index is 0.143. The van der Waals surface area contributed by atoms with E-state index in [0.717, 1.165) is 17.1 Å². The van der Waals surface area contributed by atoms with Gasteiger partial charge < -0.3 is 14.6 Å². The number of aliphatic carboxylic acids is 1. The summed E-state index contributed by atoms with van der Waals surface area (Å²) in [5.74, 6) is 1.88. The van der Waals surface area contributed by atoms with Crippen LogP contribution in [0.4, 0.5) is 0 Å². The molecule has 3 rings (SSSR count). The zero-order chi connectivity index (χ0) is 18.0. The van der Waals surface area contributed by atoms with Crippen LogP contribution < -0.4 is 0 Å². The Hall–Kier alpha value is -2.35. The minimum Gasteiger partial charge on any atom is -0.480 e. The molecule has 25 heavy (non-hydrogen) atoms. The lowest BCUT2D eigenvalue weighted by molar-refractivity contribution is -0.143. The molecule has 1 aliphatic heterocycles. The molecule has 0 saturated carbocycles. The molecular formula is C17H20N4O3S. The Labute approximate surface area is 150 Å². The fraction of sp³-hybridized carbons (Fsp3) is 0.412. The summed E-state index contributed by atoms with van der Waals surface area (Å²) >= 11 is 1.81. The molecule has 2 heterocycles. The first-order valence-corrected chi connectivity index (χ1v) is 9.26. The fourth-order valence-corrected chi connectivity index (χ4v) is 3.50. The Kier molecular flexibility index (Phi) is 5.08. The van der Waals surface area contributed by atoms with Crippen molar-refractivity contribution in [1.82, 2.24) is 19.7 Å². The van der Waals surface area contributed by atoms with Crippen LogP contribution in [0.2, 0.25) is 0 Å². The molecule has 1 aromatic carbocycles. The van der Waals surface area contributed by atoms with Crippen molar-refractivity contribution in [3.8, 4) is 0 Å². The zero-order valence-electron chi connectivity index (χ0n) is 14.2. The lowest BCUT2D eigenvalue weighted by Gasteiger charge is -2.33. The van der Waals surface area contributed by atoms with E-state index in [1.54, 1.807) is 23.6 Å². The molecule has 2 aromatic rings. The van der Waals surface area contributed by atoms with Crippen LogP contribution in [-0.4, -0.2) is 48.4 Å². The zero-order valence-corrected chi connectivity index (χ0v) is 15.0.